The van der Waals surface area contributed by atoms with Crippen LogP contribution >= 0.6 is 0 Å². The fraction of sp³-hybridized carbons (Fsp3) is 0.489. The van der Waals surface area contributed by atoms with Crippen molar-refractivity contribution in [3.8, 4) is 45.8 Å². The predicted octanol–water partition coefficient (Wildman–Crippen LogP) is -3.17. The molecule has 0 amide bonds. The van der Waals surface area contributed by atoms with E-state index in [-0.39, 0.29) is 28.4 Å². The van der Waals surface area contributed by atoms with Crippen molar-refractivity contribution in [2.75, 3.05) is 20.3 Å². The Morgan fingerprint density at radius 3 is 2.09 bits per heavy atom. The van der Waals surface area contributed by atoms with Crippen LogP contribution in [0.15, 0.2) is 69.9 Å². The van der Waals surface area contributed by atoms with E-state index in [1.807, 2.05) is 0 Å². The van der Waals surface area contributed by atoms with Crippen molar-refractivity contribution in [1.82, 2.24) is 0 Å². The highest BCUT2D eigenvalue weighted by Crippen LogP contribution is 2.40. The van der Waals surface area contributed by atoms with Crippen molar-refractivity contribution >= 4 is 23.0 Å². The molecule has 19 atom stereocenters. The molecule has 19 unspecified atom stereocenters. The fourth-order valence-corrected chi connectivity index (χ4v) is 8.48. The number of carbonyl (C=O) groups excluding carboxylic acids is 1. The van der Waals surface area contributed by atoms with Gasteiger partial charge in [0.2, 0.25) is 17.5 Å². The quantitative estimate of drug-likeness (QED) is 0.0438. The van der Waals surface area contributed by atoms with Gasteiger partial charge in [0, 0.05) is 23.8 Å². The number of hydrogen-bond donors (Lipinski definition) is 14. The minimum Gasteiger partial charge on any atom is -0.508 e. The number of phenolic OH excluding ortho intramolecular Hbond substituents is 4. The van der Waals surface area contributed by atoms with Gasteiger partial charge in [-0.1, -0.05) is 6.07 Å². The van der Waals surface area contributed by atoms with E-state index in [2.05, 4.69) is 0 Å². The third-order valence-electron chi connectivity index (χ3n) is 12.6. The number of aliphatic hydroxyl groups is 10. The first-order valence-electron chi connectivity index (χ1n) is 22.7. The second-order valence-corrected chi connectivity index (χ2v) is 17.6. The number of fused-ring (bicyclic) bond motifs is 1. The molecule has 4 aliphatic heterocycles. The van der Waals surface area contributed by atoms with E-state index < -0.39 is 170 Å². The van der Waals surface area contributed by atoms with E-state index in [1.165, 1.54) is 62.6 Å². The predicted molar refractivity (Wildman–Crippen MR) is 240 cm³/mol. The molecule has 4 saturated heterocycles. The summed E-state index contributed by atoms with van der Waals surface area (Å²) in [6.45, 7) is -0.0464. The molecule has 0 bridgehead atoms. The summed E-state index contributed by atoms with van der Waals surface area (Å²) in [5.41, 5.74) is -1.18. The van der Waals surface area contributed by atoms with Crippen LogP contribution in [0.5, 0.6) is 34.5 Å². The molecular formula is C47H54O27. The number of esters is 1. The van der Waals surface area contributed by atoms with Gasteiger partial charge in [0.25, 0.3) is 0 Å². The highest BCUT2D eigenvalue weighted by molar-refractivity contribution is 5.88. The van der Waals surface area contributed by atoms with Gasteiger partial charge in [-0.3, -0.25) is 4.79 Å². The van der Waals surface area contributed by atoms with E-state index in [0.717, 1.165) is 18.2 Å². The number of benzene rings is 3. The summed E-state index contributed by atoms with van der Waals surface area (Å²) in [6, 6.07) is 10.8. The van der Waals surface area contributed by atoms with E-state index in [9.17, 15) is 81.1 Å². The van der Waals surface area contributed by atoms with Crippen molar-refractivity contribution in [1.29, 1.82) is 0 Å². The second-order valence-electron chi connectivity index (χ2n) is 17.6. The Morgan fingerprint density at radius 2 is 1.38 bits per heavy atom. The standard InChI is InChI=1S/C47H54O27/c1-16-29(54)40(71-44-34(59)30(55)23(52)14-65-44)37(62)45(67-16)66-15-26-39(70-27(53)10-4-17-3-9-21(50)24(11-17)64-2)36(61)42(73-46-35(60)32(57)33(58)43(63)74-46)47(69-26)72-41-31(56)28-22(51)12-20(49)13-25(28)68-38(41)18-5-7-19(48)8-6-18/h3-13,16,23,26,29-30,32-37,39-40,42-52,54-55,57-63H,14-15H2,1-2H3. The average molecular weight is 1050 g/mol. The van der Waals surface area contributed by atoms with Crippen molar-refractivity contribution in [2.45, 2.75) is 124 Å². The number of phenols is 4. The number of ether oxygens (including phenoxy) is 10. The lowest BCUT2D eigenvalue weighted by molar-refractivity contribution is -0.381. The van der Waals surface area contributed by atoms with Crippen LogP contribution in [-0.4, -0.2) is 215 Å². The topological polar surface area (TPSA) is 423 Å². The Labute approximate surface area is 416 Å². The SMILES string of the molecule is COc1cc(C=CC(=O)OC2C(COC3OC(C)C(O)C(OC4OCC(O)C(O)C4O)C3O)OC(Oc3c(-c4ccc(O)cc4)oc4cc(O)cc(O)c4c3=O)C(OC3OC(O)C(O)C(O)C3O)C2O)ccc1O. The number of rotatable bonds is 14. The molecule has 4 aromatic rings. The third-order valence-corrected chi connectivity index (χ3v) is 12.6. The summed E-state index contributed by atoms with van der Waals surface area (Å²) in [5, 5.41) is 149. The fourth-order valence-electron chi connectivity index (χ4n) is 8.48. The van der Waals surface area contributed by atoms with Crippen LogP contribution in [0.3, 0.4) is 0 Å². The first-order valence-corrected chi connectivity index (χ1v) is 22.7. The molecule has 14 N–H and O–H groups in total. The molecule has 27 heteroatoms. The molecule has 0 spiro atoms. The Balaban J connectivity index is 1.18. The smallest absolute Gasteiger partial charge is 0.331 e. The first kappa shape index (κ1) is 54.5. The Hall–Kier alpha value is -5.80. The Kier molecular flexibility index (Phi) is 16.6. The number of hydrogen-bond acceptors (Lipinski definition) is 27. The zero-order valence-corrected chi connectivity index (χ0v) is 38.8. The molecule has 0 saturated carbocycles. The normalized spacial score (nSPS) is 35.6. The van der Waals surface area contributed by atoms with Crippen LogP contribution in [-0.2, 0) is 42.7 Å². The van der Waals surface area contributed by atoms with Crippen molar-refractivity contribution in [3.05, 3.63) is 76.5 Å². The minimum absolute atomic E-state index is 0.0257. The molecule has 74 heavy (non-hydrogen) atoms. The summed E-state index contributed by atoms with van der Waals surface area (Å²) in [5.74, 6) is -4.18. The van der Waals surface area contributed by atoms with Gasteiger partial charge in [-0.2, -0.15) is 0 Å². The zero-order valence-electron chi connectivity index (χ0n) is 38.8. The van der Waals surface area contributed by atoms with E-state index >= 15 is 0 Å². The molecule has 27 nitrogen and oxygen atoms in total. The molecule has 3 aromatic carbocycles. The molecule has 8 rings (SSSR count). The summed E-state index contributed by atoms with van der Waals surface area (Å²) < 4.78 is 63.2. The lowest BCUT2D eigenvalue weighted by atomic mass is 9.97. The molecular weight excluding hydrogens is 996 g/mol. The molecule has 0 radical (unpaired) electrons. The van der Waals surface area contributed by atoms with Gasteiger partial charge in [0.05, 0.1) is 26.4 Å². The zero-order chi connectivity index (χ0) is 53.4. The van der Waals surface area contributed by atoms with Crippen LogP contribution in [0.2, 0.25) is 0 Å². The van der Waals surface area contributed by atoms with E-state index in [1.54, 1.807) is 0 Å². The largest absolute Gasteiger partial charge is 0.508 e. The highest BCUT2D eigenvalue weighted by atomic mass is 16.8. The number of methoxy groups -OCH3 is 1. The van der Waals surface area contributed by atoms with E-state index in [0.29, 0.717) is 5.56 Å². The molecule has 404 valence electrons. The van der Waals surface area contributed by atoms with Gasteiger partial charge in [-0.05, 0) is 55.0 Å². The monoisotopic (exact) mass is 1050 g/mol. The van der Waals surface area contributed by atoms with Gasteiger partial charge >= 0.3 is 5.97 Å². The average Bonchev–Trinajstić information content (AvgIpc) is 3.36. The van der Waals surface area contributed by atoms with Gasteiger partial charge < -0.3 is 123 Å². The Bertz CT molecular complexity index is 2680. The summed E-state index contributed by atoms with van der Waals surface area (Å²) in [4.78, 5) is 28.2. The van der Waals surface area contributed by atoms with Crippen molar-refractivity contribution in [2.24, 2.45) is 0 Å². The van der Waals surface area contributed by atoms with E-state index in [4.69, 9.17) is 51.8 Å². The van der Waals surface area contributed by atoms with Gasteiger partial charge in [-0.25, -0.2) is 4.79 Å². The highest BCUT2D eigenvalue weighted by Gasteiger charge is 2.55. The first-order chi connectivity index (χ1) is 35.1. The van der Waals surface area contributed by atoms with Crippen molar-refractivity contribution < 1.29 is 128 Å². The lowest BCUT2D eigenvalue weighted by Gasteiger charge is -2.47. The maximum Gasteiger partial charge on any atom is 0.331 e. The Morgan fingerprint density at radius 1 is 0.676 bits per heavy atom. The molecule has 1 aromatic heterocycles. The molecule has 5 heterocycles. The van der Waals surface area contributed by atoms with Crippen molar-refractivity contribution in [3.63, 3.8) is 0 Å². The lowest BCUT2D eigenvalue weighted by Crippen LogP contribution is -2.66. The second kappa shape index (κ2) is 22.6. The number of aliphatic hydroxyl groups excluding tert-OH is 10. The third kappa shape index (κ3) is 11.2. The minimum atomic E-state index is -2.28. The molecule has 4 fully saturated rings. The van der Waals surface area contributed by atoms with Crippen LogP contribution < -0.4 is 14.9 Å². The summed E-state index contributed by atoms with van der Waals surface area (Å²) in [7, 11) is 1.29. The summed E-state index contributed by atoms with van der Waals surface area (Å²) >= 11 is 0. The van der Waals surface area contributed by atoms with Crippen LogP contribution in [0.25, 0.3) is 28.4 Å². The van der Waals surface area contributed by atoms with Gasteiger partial charge in [0.15, 0.2) is 54.6 Å². The maximum absolute atomic E-state index is 14.5. The number of aromatic hydroxyl groups is 4. The maximum atomic E-state index is 14.5. The van der Waals surface area contributed by atoms with Gasteiger partial charge in [-0.15, -0.1) is 0 Å². The van der Waals surface area contributed by atoms with Crippen LogP contribution in [0.1, 0.15) is 12.5 Å². The summed E-state index contributed by atoms with van der Waals surface area (Å²) in [6.07, 6.45) is -34.3. The molecule has 4 aliphatic rings. The van der Waals surface area contributed by atoms with Crippen LogP contribution in [0, 0.1) is 0 Å². The molecule has 0 aliphatic carbocycles. The van der Waals surface area contributed by atoms with Gasteiger partial charge in [0.1, 0.15) is 95.4 Å². The number of carbonyl (C=O) groups is 1. The van der Waals surface area contributed by atoms with Crippen LogP contribution in [0.4, 0.5) is 0 Å².